The van der Waals surface area contributed by atoms with E-state index in [4.69, 9.17) is 0 Å². The van der Waals surface area contributed by atoms with Crippen molar-refractivity contribution < 1.29 is 9.59 Å². The number of imide groups is 1. The smallest absolute Gasteiger partial charge is 0.328 e. The normalized spacial score (nSPS) is 16.7. The van der Waals surface area contributed by atoms with Gasteiger partial charge in [0.25, 0.3) is 0 Å². The van der Waals surface area contributed by atoms with E-state index in [9.17, 15) is 9.59 Å². The first-order valence-electron chi connectivity index (χ1n) is 4.94. The minimum atomic E-state index is -0.291. The van der Waals surface area contributed by atoms with Crippen LogP contribution in [0.15, 0.2) is 0 Å². The lowest BCUT2D eigenvalue weighted by atomic mass is 10.3. The highest BCUT2D eigenvalue weighted by Gasteiger charge is 2.33. The minimum absolute atomic E-state index is 0.155. The zero-order chi connectivity index (χ0) is 10.7. The van der Waals surface area contributed by atoms with E-state index in [1.165, 1.54) is 4.90 Å². The van der Waals surface area contributed by atoms with Gasteiger partial charge in [-0.25, -0.2) is 14.5 Å². The fraction of sp³-hybridized carbons (Fsp3) is 0.778. The van der Waals surface area contributed by atoms with Gasteiger partial charge in [-0.3, -0.25) is 0 Å². The SMILES string of the molecule is CCNC(=O)N1CCN(C(C)C)C1=O. The topological polar surface area (TPSA) is 52.7 Å². The molecule has 0 aromatic rings. The van der Waals surface area contributed by atoms with Gasteiger partial charge in [-0.05, 0) is 20.8 Å². The number of nitrogens with one attached hydrogen (secondary N) is 1. The molecule has 1 rings (SSSR count). The average molecular weight is 199 g/mol. The first-order chi connectivity index (χ1) is 6.57. The lowest BCUT2D eigenvalue weighted by Gasteiger charge is -2.20. The van der Waals surface area contributed by atoms with E-state index in [1.54, 1.807) is 4.90 Å². The molecule has 0 radical (unpaired) electrons. The largest absolute Gasteiger partial charge is 0.338 e. The highest BCUT2D eigenvalue weighted by atomic mass is 16.2. The molecular weight excluding hydrogens is 182 g/mol. The van der Waals surface area contributed by atoms with Crippen LogP contribution in [0, 0.1) is 0 Å². The first kappa shape index (κ1) is 10.8. The van der Waals surface area contributed by atoms with Gasteiger partial charge in [0.15, 0.2) is 0 Å². The molecule has 0 atom stereocenters. The van der Waals surface area contributed by atoms with Crippen molar-refractivity contribution in [2.75, 3.05) is 19.6 Å². The number of amides is 4. The predicted molar refractivity (Wildman–Crippen MR) is 53.0 cm³/mol. The van der Waals surface area contributed by atoms with E-state index in [2.05, 4.69) is 5.32 Å². The lowest BCUT2D eigenvalue weighted by Crippen LogP contribution is -2.43. The van der Waals surface area contributed by atoms with Crippen LogP contribution in [0.4, 0.5) is 9.59 Å². The molecule has 0 aromatic carbocycles. The van der Waals surface area contributed by atoms with Gasteiger partial charge in [-0.2, -0.15) is 0 Å². The molecule has 5 nitrogen and oxygen atoms in total. The molecule has 0 aliphatic carbocycles. The Labute approximate surface area is 84.0 Å². The molecule has 1 heterocycles. The van der Waals surface area contributed by atoms with Crippen LogP contribution in [0.2, 0.25) is 0 Å². The van der Waals surface area contributed by atoms with Gasteiger partial charge >= 0.3 is 12.1 Å². The first-order valence-corrected chi connectivity index (χ1v) is 4.94. The summed E-state index contributed by atoms with van der Waals surface area (Å²) in [6.07, 6.45) is 0. The maximum Gasteiger partial charge on any atom is 0.328 e. The molecule has 1 aliphatic heterocycles. The van der Waals surface area contributed by atoms with Crippen molar-refractivity contribution in [2.45, 2.75) is 26.8 Å². The zero-order valence-corrected chi connectivity index (χ0v) is 8.91. The van der Waals surface area contributed by atoms with Crippen LogP contribution < -0.4 is 5.32 Å². The van der Waals surface area contributed by atoms with E-state index in [-0.39, 0.29) is 18.1 Å². The van der Waals surface area contributed by atoms with E-state index in [1.807, 2.05) is 20.8 Å². The summed E-state index contributed by atoms with van der Waals surface area (Å²) in [6.45, 7) is 7.39. The molecule has 0 unspecified atom stereocenters. The third kappa shape index (κ3) is 1.97. The Hall–Kier alpha value is -1.26. The summed E-state index contributed by atoms with van der Waals surface area (Å²) in [5, 5.41) is 2.62. The van der Waals surface area contributed by atoms with Gasteiger partial charge in [-0.15, -0.1) is 0 Å². The highest BCUT2D eigenvalue weighted by molar-refractivity contribution is 5.95. The Morgan fingerprint density at radius 1 is 1.50 bits per heavy atom. The van der Waals surface area contributed by atoms with Crippen LogP contribution in [-0.2, 0) is 0 Å². The van der Waals surface area contributed by atoms with Crippen LogP contribution >= 0.6 is 0 Å². The fourth-order valence-electron chi connectivity index (χ4n) is 1.47. The Balaban J connectivity index is 2.59. The van der Waals surface area contributed by atoms with E-state index < -0.39 is 0 Å². The third-order valence-corrected chi connectivity index (χ3v) is 2.24. The standard InChI is InChI=1S/C9H17N3O2/c1-4-10-8(13)12-6-5-11(7(2)3)9(12)14/h7H,4-6H2,1-3H3,(H,10,13). The van der Waals surface area contributed by atoms with Crippen LogP contribution in [-0.4, -0.2) is 47.5 Å². The van der Waals surface area contributed by atoms with Gasteiger partial charge in [0.2, 0.25) is 0 Å². The van der Waals surface area contributed by atoms with Gasteiger partial charge in [0, 0.05) is 25.7 Å². The molecule has 1 saturated heterocycles. The van der Waals surface area contributed by atoms with Crippen molar-refractivity contribution in [2.24, 2.45) is 0 Å². The Kier molecular flexibility index (Phi) is 3.33. The summed E-state index contributed by atoms with van der Waals surface area (Å²) in [7, 11) is 0. The summed E-state index contributed by atoms with van der Waals surface area (Å²) in [4.78, 5) is 26.0. The molecule has 14 heavy (non-hydrogen) atoms. The summed E-state index contributed by atoms with van der Waals surface area (Å²) in [5.74, 6) is 0. The maximum absolute atomic E-state index is 11.7. The highest BCUT2D eigenvalue weighted by Crippen LogP contribution is 2.11. The van der Waals surface area contributed by atoms with Crippen molar-refractivity contribution in [3.05, 3.63) is 0 Å². The van der Waals surface area contributed by atoms with Gasteiger partial charge in [0.1, 0.15) is 0 Å². The molecular formula is C9H17N3O2. The molecule has 0 aromatic heterocycles. The Bertz CT molecular complexity index is 240. The van der Waals surface area contributed by atoms with Crippen LogP contribution in [0.5, 0.6) is 0 Å². The predicted octanol–water partition coefficient (Wildman–Crippen LogP) is 0.862. The second kappa shape index (κ2) is 4.30. The number of urea groups is 2. The molecule has 5 heteroatoms. The Morgan fingerprint density at radius 2 is 2.14 bits per heavy atom. The lowest BCUT2D eigenvalue weighted by molar-refractivity contribution is 0.179. The van der Waals surface area contributed by atoms with Crippen LogP contribution in [0.3, 0.4) is 0 Å². The number of rotatable bonds is 2. The van der Waals surface area contributed by atoms with Crippen molar-refractivity contribution in [3.63, 3.8) is 0 Å². The molecule has 80 valence electrons. The molecule has 0 bridgehead atoms. The number of carbonyl (C=O) groups excluding carboxylic acids is 2. The number of carbonyl (C=O) groups is 2. The van der Waals surface area contributed by atoms with Crippen LogP contribution in [0.25, 0.3) is 0 Å². The Morgan fingerprint density at radius 3 is 2.57 bits per heavy atom. The summed E-state index contributed by atoms with van der Waals surface area (Å²) < 4.78 is 0. The van der Waals surface area contributed by atoms with Crippen molar-refractivity contribution >= 4 is 12.1 Å². The van der Waals surface area contributed by atoms with Crippen molar-refractivity contribution in [1.82, 2.24) is 15.1 Å². The number of nitrogens with zero attached hydrogens (tertiary/aromatic N) is 2. The quantitative estimate of drug-likeness (QED) is 0.717. The average Bonchev–Trinajstić information content (AvgIpc) is 2.47. The second-order valence-corrected chi connectivity index (χ2v) is 3.56. The van der Waals surface area contributed by atoms with Gasteiger partial charge in [-0.1, -0.05) is 0 Å². The van der Waals surface area contributed by atoms with E-state index in [0.29, 0.717) is 19.6 Å². The number of hydrogen-bond acceptors (Lipinski definition) is 2. The third-order valence-electron chi connectivity index (χ3n) is 2.24. The monoisotopic (exact) mass is 199 g/mol. The molecule has 1 N–H and O–H groups in total. The molecule has 0 spiro atoms. The van der Waals surface area contributed by atoms with E-state index >= 15 is 0 Å². The summed E-state index contributed by atoms with van der Waals surface area (Å²) in [6, 6.07) is -0.325. The second-order valence-electron chi connectivity index (χ2n) is 3.56. The number of hydrogen-bond donors (Lipinski definition) is 1. The van der Waals surface area contributed by atoms with Crippen molar-refractivity contribution in [1.29, 1.82) is 0 Å². The molecule has 1 aliphatic rings. The molecule has 4 amide bonds. The summed E-state index contributed by atoms with van der Waals surface area (Å²) >= 11 is 0. The van der Waals surface area contributed by atoms with E-state index in [0.717, 1.165) is 0 Å². The minimum Gasteiger partial charge on any atom is -0.338 e. The molecule has 1 fully saturated rings. The fourth-order valence-corrected chi connectivity index (χ4v) is 1.47. The van der Waals surface area contributed by atoms with Gasteiger partial charge < -0.3 is 10.2 Å². The zero-order valence-electron chi connectivity index (χ0n) is 8.91. The molecule has 0 saturated carbocycles. The van der Waals surface area contributed by atoms with Crippen LogP contribution in [0.1, 0.15) is 20.8 Å². The van der Waals surface area contributed by atoms with Crippen molar-refractivity contribution in [3.8, 4) is 0 Å². The maximum atomic E-state index is 11.7. The summed E-state index contributed by atoms with van der Waals surface area (Å²) in [5.41, 5.74) is 0. The van der Waals surface area contributed by atoms with Gasteiger partial charge in [0.05, 0.1) is 0 Å².